The molecule has 9 nitrogen and oxygen atoms in total. The van der Waals surface area contributed by atoms with Crippen LogP contribution in [0.25, 0.3) is 0 Å². The number of nitrogens with one attached hydrogen (secondary N) is 2. The van der Waals surface area contributed by atoms with Crippen molar-refractivity contribution in [2.45, 2.75) is 24.3 Å². The summed E-state index contributed by atoms with van der Waals surface area (Å²) in [5.74, 6) is -0.0537. The first-order valence-corrected chi connectivity index (χ1v) is 9.27. The Morgan fingerprint density at radius 1 is 1.36 bits per heavy atom. The van der Waals surface area contributed by atoms with Crippen LogP contribution < -0.4 is 16.0 Å². The van der Waals surface area contributed by atoms with Crippen molar-refractivity contribution in [2.24, 2.45) is 0 Å². The Morgan fingerprint density at radius 3 is 2.88 bits per heavy atom. The second-order valence-electron chi connectivity index (χ2n) is 5.63. The van der Waals surface area contributed by atoms with Crippen LogP contribution in [0.3, 0.4) is 0 Å². The molecule has 3 rings (SSSR count). The van der Waals surface area contributed by atoms with Gasteiger partial charge in [-0.2, -0.15) is 4.31 Å². The van der Waals surface area contributed by atoms with E-state index in [0.29, 0.717) is 18.7 Å². The average molecular weight is 366 g/mol. The molecule has 134 valence electrons. The number of ether oxygens (including phenoxy) is 1. The molecular weight excluding hydrogens is 348 g/mol. The highest BCUT2D eigenvalue weighted by Crippen LogP contribution is 2.31. The number of nitrogens with zero attached hydrogens (tertiary/aromatic N) is 2. The van der Waals surface area contributed by atoms with Gasteiger partial charge in [-0.25, -0.2) is 18.2 Å². The maximum Gasteiger partial charge on any atom is 0.325 e. The van der Waals surface area contributed by atoms with E-state index in [4.69, 9.17) is 4.74 Å². The summed E-state index contributed by atoms with van der Waals surface area (Å²) in [6.07, 6.45) is 1.90. The van der Waals surface area contributed by atoms with Crippen LogP contribution in [0.15, 0.2) is 39.0 Å². The number of hydrogen-bond donors (Lipinski definition) is 2. The summed E-state index contributed by atoms with van der Waals surface area (Å²) in [5.41, 5.74) is -0.687. The fraction of sp³-hybridized carbons (Fsp3) is 0.400. The highest BCUT2D eigenvalue weighted by Gasteiger charge is 2.36. The SMILES string of the molecule is CCOc1cccnc1S(=O)(=O)N1CCC(c2cc(=O)[nH]c(=O)[nH]2)C1. The number of pyridine rings is 1. The molecule has 3 heterocycles. The third-order valence-electron chi connectivity index (χ3n) is 3.99. The molecule has 0 aliphatic carbocycles. The van der Waals surface area contributed by atoms with Crippen molar-refractivity contribution in [3.63, 3.8) is 0 Å². The smallest absolute Gasteiger partial charge is 0.325 e. The quantitative estimate of drug-likeness (QED) is 0.769. The highest BCUT2D eigenvalue weighted by atomic mass is 32.2. The summed E-state index contributed by atoms with van der Waals surface area (Å²) >= 11 is 0. The van der Waals surface area contributed by atoms with Crippen LogP contribution in [0.2, 0.25) is 0 Å². The molecule has 0 amide bonds. The van der Waals surface area contributed by atoms with Crippen LogP contribution in [0, 0.1) is 0 Å². The maximum atomic E-state index is 12.9. The normalized spacial score (nSPS) is 18.4. The van der Waals surface area contributed by atoms with Crippen molar-refractivity contribution in [3.8, 4) is 5.75 Å². The van der Waals surface area contributed by atoms with E-state index in [2.05, 4.69) is 15.0 Å². The zero-order valence-electron chi connectivity index (χ0n) is 13.6. The van der Waals surface area contributed by atoms with Gasteiger partial charge in [0.1, 0.15) is 0 Å². The third-order valence-corrected chi connectivity index (χ3v) is 5.80. The molecular formula is C15H18N4O5S. The van der Waals surface area contributed by atoms with Crippen molar-refractivity contribution >= 4 is 10.0 Å². The summed E-state index contributed by atoms with van der Waals surface area (Å²) in [6.45, 7) is 2.51. The molecule has 1 saturated heterocycles. The fourth-order valence-electron chi connectivity index (χ4n) is 2.87. The maximum absolute atomic E-state index is 12.9. The monoisotopic (exact) mass is 366 g/mol. The molecule has 1 atom stereocenters. The van der Waals surface area contributed by atoms with Crippen molar-refractivity contribution < 1.29 is 13.2 Å². The molecule has 0 saturated carbocycles. The minimum Gasteiger partial charge on any atom is -0.491 e. The molecule has 0 radical (unpaired) electrons. The largest absolute Gasteiger partial charge is 0.491 e. The lowest BCUT2D eigenvalue weighted by Crippen LogP contribution is -2.30. The van der Waals surface area contributed by atoms with E-state index in [-0.39, 0.29) is 29.8 Å². The van der Waals surface area contributed by atoms with Gasteiger partial charge in [0.15, 0.2) is 5.75 Å². The van der Waals surface area contributed by atoms with E-state index >= 15 is 0 Å². The Kier molecular flexibility index (Phi) is 4.73. The van der Waals surface area contributed by atoms with Gasteiger partial charge in [-0.1, -0.05) is 0 Å². The zero-order valence-corrected chi connectivity index (χ0v) is 14.4. The van der Waals surface area contributed by atoms with Crippen LogP contribution in [-0.4, -0.2) is 47.4 Å². The Hall–Kier alpha value is -2.46. The van der Waals surface area contributed by atoms with Crippen LogP contribution >= 0.6 is 0 Å². The summed E-state index contributed by atoms with van der Waals surface area (Å²) in [5, 5.41) is -0.128. The predicted octanol–water partition coefficient (Wildman–Crippen LogP) is 0.0351. The summed E-state index contributed by atoms with van der Waals surface area (Å²) in [6, 6.07) is 4.46. The van der Waals surface area contributed by atoms with Crippen molar-refractivity contribution in [2.75, 3.05) is 19.7 Å². The van der Waals surface area contributed by atoms with E-state index in [1.807, 2.05) is 0 Å². The van der Waals surface area contributed by atoms with Gasteiger partial charge in [0, 0.05) is 37.0 Å². The van der Waals surface area contributed by atoms with E-state index in [1.165, 1.54) is 16.6 Å². The van der Waals surface area contributed by atoms with Gasteiger partial charge < -0.3 is 9.72 Å². The minimum atomic E-state index is -3.83. The lowest BCUT2D eigenvalue weighted by Gasteiger charge is -2.17. The molecule has 2 aromatic rings. The first-order chi connectivity index (χ1) is 11.9. The van der Waals surface area contributed by atoms with Crippen molar-refractivity contribution in [3.05, 3.63) is 50.9 Å². The molecule has 0 bridgehead atoms. The summed E-state index contributed by atoms with van der Waals surface area (Å²) in [7, 11) is -3.83. The number of hydrogen-bond acceptors (Lipinski definition) is 6. The van der Waals surface area contributed by atoms with Gasteiger partial charge >= 0.3 is 5.69 Å². The molecule has 1 unspecified atom stereocenters. The van der Waals surface area contributed by atoms with E-state index in [9.17, 15) is 18.0 Å². The van der Waals surface area contributed by atoms with E-state index < -0.39 is 21.3 Å². The molecule has 2 N–H and O–H groups in total. The Bertz CT molecular complexity index is 953. The molecule has 2 aromatic heterocycles. The second-order valence-corrected chi connectivity index (χ2v) is 7.48. The average Bonchev–Trinajstić information content (AvgIpc) is 3.05. The molecule has 1 aliphatic rings. The van der Waals surface area contributed by atoms with E-state index in [1.54, 1.807) is 19.1 Å². The number of sulfonamides is 1. The molecule has 0 spiro atoms. The van der Waals surface area contributed by atoms with Crippen LogP contribution in [-0.2, 0) is 10.0 Å². The predicted molar refractivity (Wildman–Crippen MR) is 89.2 cm³/mol. The van der Waals surface area contributed by atoms with Gasteiger partial charge in [0.25, 0.3) is 15.6 Å². The van der Waals surface area contributed by atoms with Gasteiger partial charge in [0.05, 0.1) is 6.61 Å². The highest BCUT2D eigenvalue weighted by molar-refractivity contribution is 7.89. The van der Waals surface area contributed by atoms with Gasteiger partial charge in [-0.15, -0.1) is 0 Å². The molecule has 1 fully saturated rings. The van der Waals surface area contributed by atoms with Gasteiger partial charge in [-0.3, -0.25) is 9.78 Å². The Morgan fingerprint density at radius 2 is 2.16 bits per heavy atom. The Balaban J connectivity index is 1.88. The van der Waals surface area contributed by atoms with Crippen LogP contribution in [0.4, 0.5) is 0 Å². The van der Waals surface area contributed by atoms with E-state index in [0.717, 1.165) is 0 Å². The summed E-state index contributed by atoms with van der Waals surface area (Å²) < 4.78 is 32.4. The number of rotatable bonds is 5. The van der Waals surface area contributed by atoms with Crippen molar-refractivity contribution in [1.29, 1.82) is 0 Å². The topological polar surface area (TPSA) is 125 Å². The molecule has 10 heteroatoms. The fourth-order valence-corrected chi connectivity index (χ4v) is 4.41. The van der Waals surface area contributed by atoms with Gasteiger partial charge in [-0.05, 0) is 25.5 Å². The molecule has 0 aromatic carbocycles. The summed E-state index contributed by atoms with van der Waals surface area (Å²) in [4.78, 5) is 31.5. The van der Waals surface area contributed by atoms with Crippen LogP contribution in [0.1, 0.15) is 25.0 Å². The molecule has 25 heavy (non-hydrogen) atoms. The second kappa shape index (κ2) is 6.81. The third kappa shape index (κ3) is 3.49. The first-order valence-electron chi connectivity index (χ1n) is 7.83. The number of aromatic nitrogens is 3. The standard InChI is InChI=1S/C15H18N4O5S/c1-2-24-12-4-3-6-16-14(12)25(22,23)19-7-5-10(9-19)11-8-13(20)18-15(21)17-11/h3-4,6,8,10H,2,5,7,9H2,1H3,(H2,17,18,20,21). The Labute approximate surface area is 143 Å². The van der Waals surface area contributed by atoms with Crippen molar-refractivity contribution in [1.82, 2.24) is 19.3 Å². The first kappa shape index (κ1) is 17.4. The lowest BCUT2D eigenvalue weighted by molar-refractivity contribution is 0.326. The lowest BCUT2D eigenvalue weighted by atomic mass is 10.1. The van der Waals surface area contributed by atoms with Gasteiger partial charge in [0.2, 0.25) is 5.03 Å². The number of aromatic amines is 2. The minimum absolute atomic E-state index is 0.128. The molecule has 1 aliphatic heterocycles. The number of H-pyrrole nitrogens is 2. The van der Waals surface area contributed by atoms with Crippen LogP contribution in [0.5, 0.6) is 5.75 Å². The zero-order chi connectivity index (χ0) is 18.0.